The van der Waals surface area contributed by atoms with Crippen molar-refractivity contribution in [2.45, 2.75) is 19.1 Å². The Hall–Kier alpha value is -1.39. The maximum Gasteiger partial charge on any atom is 0.317 e. The molecule has 0 aromatic heterocycles. The summed E-state index contributed by atoms with van der Waals surface area (Å²) in [6.45, 7) is 1.73. The van der Waals surface area contributed by atoms with Crippen LogP contribution in [0.4, 0.5) is 0 Å². The first kappa shape index (κ1) is 12.7. The van der Waals surface area contributed by atoms with Gasteiger partial charge in [0.2, 0.25) is 0 Å². The molecule has 0 saturated heterocycles. The Kier molecular flexibility index (Phi) is 4.46. The fourth-order valence-electron chi connectivity index (χ4n) is 1.53. The van der Waals surface area contributed by atoms with Gasteiger partial charge < -0.3 is 10.2 Å². The molecule has 0 aliphatic carbocycles. The van der Waals surface area contributed by atoms with Crippen molar-refractivity contribution in [3.8, 4) is 0 Å². The van der Waals surface area contributed by atoms with Gasteiger partial charge in [0.1, 0.15) is 0 Å². The average molecular weight is 223 g/mol. The number of rotatable bonds is 5. The molecule has 0 aliphatic heterocycles. The third-order valence-corrected chi connectivity index (χ3v) is 2.68. The fraction of sp³-hybridized carbons (Fsp3) is 0.417. The number of aliphatic hydroxyl groups excluding tert-OH is 1. The summed E-state index contributed by atoms with van der Waals surface area (Å²) in [7, 11) is 1.69. The minimum Gasteiger partial charge on any atom is -0.480 e. The predicted octanol–water partition coefficient (Wildman–Crippen LogP) is 1.12. The Morgan fingerprint density at radius 3 is 2.44 bits per heavy atom. The van der Waals surface area contributed by atoms with Crippen LogP contribution in [0, 0.1) is 0 Å². The van der Waals surface area contributed by atoms with Crippen LogP contribution in [0.3, 0.4) is 0 Å². The molecule has 0 unspecified atom stereocenters. The lowest BCUT2D eigenvalue weighted by Gasteiger charge is -2.27. The monoisotopic (exact) mass is 223 g/mol. The zero-order valence-corrected chi connectivity index (χ0v) is 9.50. The van der Waals surface area contributed by atoms with Crippen LogP contribution in [0.5, 0.6) is 0 Å². The fourth-order valence-corrected chi connectivity index (χ4v) is 1.53. The quantitative estimate of drug-likeness (QED) is 0.785. The van der Waals surface area contributed by atoms with Crippen LogP contribution in [0.2, 0.25) is 0 Å². The molecule has 0 amide bonds. The zero-order valence-electron chi connectivity index (χ0n) is 9.50. The second-order valence-corrected chi connectivity index (χ2v) is 3.90. The maximum atomic E-state index is 10.5. The molecule has 0 saturated carbocycles. The van der Waals surface area contributed by atoms with Gasteiger partial charge in [-0.1, -0.05) is 30.3 Å². The first-order chi connectivity index (χ1) is 7.52. The number of carboxylic acid groups (broad SMARTS) is 1. The van der Waals surface area contributed by atoms with Crippen molar-refractivity contribution < 1.29 is 15.0 Å². The van der Waals surface area contributed by atoms with Gasteiger partial charge in [0, 0.05) is 6.04 Å². The number of hydrogen-bond donors (Lipinski definition) is 2. The summed E-state index contributed by atoms with van der Waals surface area (Å²) in [4.78, 5) is 12.2. The maximum absolute atomic E-state index is 10.5. The lowest BCUT2D eigenvalue weighted by Crippen LogP contribution is -2.37. The number of hydrogen-bond acceptors (Lipinski definition) is 3. The van der Waals surface area contributed by atoms with E-state index in [4.69, 9.17) is 5.11 Å². The molecular formula is C12H17NO3. The summed E-state index contributed by atoms with van der Waals surface area (Å²) < 4.78 is 0. The van der Waals surface area contributed by atoms with Crippen LogP contribution in [-0.2, 0) is 4.79 Å². The standard InChI is InChI=1S/C12H17NO3/c1-9(13(2)8-11(14)15)12(16)10-6-4-3-5-7-10/h3-7,9,12,16H,8H2,1-2H3,(H,14,15)/t9-,12-/m1/s1. The Bertz CT molecular complexity index is 339. The zero-order chi connectivity index (χ0) is 12.1. The summed E-state index contributed by atoms with van der Waals surface area (Å²) >= 11 is 0. The molecule has 16 heavy (non-hydrogen) atoms. The van der Waals surface area contributed by atoms with E-state index in [1.165, 1.54) is 0 Å². The van der Waals surface area contributed by atoms with Gasteiger partial charge in [-0.25, -0.2) is 0 Å². The smallest absolute Gasteiger partial charge is 0.317 e. The van der Waals surface area contributed by atoms with E-state index in [1.807, 2.05) is 30.3 Å². The number of carboxylic acids is 1. The number of carbonyl (C=O) groups is 1. The Morgan fingerprint density at radius 1 is 1.38 bits per heavy atom. The topological polar surface area (TPSA) is 60.8 Å². The van der Waals surface area contributed by atoms with Crippen LogP contribution in [0.15, 0.2) is 30.3 Å². The summed E-state index contributed by atoms with van der Waals surface area (Å²) in [6, 6.07) is 9.00. The molecule has 4 heteroatoms. The summed E-state index contributed by atoms with van der Waals surface area (Å²) in [6.07, 6.45) is -0.675. The van der Waals surface area contributed by atoms with Crippen LogP contribution >= 0.6 is 0 Å². The van der Waals surface area contributed by atoms with Crippen LogP contribution in [-0.4, -0.2) is 40.7 Å². The van der Waals surface area contributed by atoms with Crippen molar-refractivity contribution in [3.63, 3.8) is 0 Å². The summed E-state index contributed by atoms with van der Waals surface area (Å²) in [5.74, 6) is -0.894. The van der Waals surface area contributed by atoms with Gasteiger partial charge in [-0.05, 0) is 19.5 Å². The molecule has 1 aromatic rings. The molecule has 88 valence electrons. The third-order valence-electron chi connectivity index (χ3n) is 2.68. The van der Waals surface area contributed by atoms with Crippen molar-refractivity contribution >= 4 is 5.97 Å². The highest BCUT2D eigenvalue weighted by molar-refractivity contribution is 5.69. The largest absolute Gasteiger partial charge is 0.480 e. The molecule has 0 fully saturated rings. The van der Waals surface area contributed by atoms with Gasteiger partial charge in [-0.3, -0.25) is 9.69 Å². The molecule has 2 atom stereocenters. The highest BCUT2D eigenvalue weighted by atomic mass is 16.4. The molecule has 0 bridgehead atoms. The van der Waals surface area contributed by atoms with Gasteiger partial charge >= 0.3 is 5.97 Å². The number of likely N-dealkylation sites (N-methyl/N-ethyl adjacent to an activating group) is 1. The molecule has 0 heterocycles. The Balaban J connectivity index is 2.67. The number of aliphatic carboxylic acids is 1. The molecule has 0 radical (unpaired) electrons. The average Bonchev–Trinajstić information content (AvgIpc) is 2.27. The molecule has 4 nitrogen and oxygen atoms in total. The number of aliphatic hydroxyl groups is 1. The van der Waals surface area contributed by atoms with Gasteiger partial charge in [0.25, 0.3) is 0 Å². The first-order valence-corrected chi connectivity index (χ1v) is 5.17. The van der Waals surface area contributed by atoms with Crippen molar-refractivity contribution in [2.24, 2.45) is 0 Å². The van der Waals surface area contributed by atoms with E-state index in [0.717, 1.165) is 5.56 Å². The van der Waals surface area contributed by atoms with E-state index in [1.54, 1.807) is 18.9 Å². The highest BCUT2D eigenvalue weighted by Gasteiger charge is 2.21. The van der Waals surface area contributed by atoms with E-state index < -0.39 is 12.1 Å². The van der Waals surface area contributed by atoms with Crippen molar-refractivity contribution in [2.75, 3.05) is 13.6 Å². The second-order valence-electron chi connectivity index (χ2n) is 3.90. The number of nitrogens with zero attached hydrogens (tertiary/aromatic N) is 1. The highest BCUT2D eigenvalue weighted by Crippen LogP contribution is 2.19. The van der Waals surface area contributed by atoms with Gasteiger partial charge in [0.15, 0.2) is 0 Å². The molecule has 1 aromatic carbocycles. The van der Waals surface area contributed by atoms with Crippen molar-refractivity contribution in [1.29, 1.82) is 0 Å². The van der Waals surface area contributed by atoms with E-state index in [2.05, 4.69) is 0 Å². The van der Waals surface area contributed by atoms with Gasteiger partial charge in [0.05, 0.1) is 12.6 Å². The first-order valence-electron chi connectivity index (χ1n) is 5.17. The molecule has 0 spiro atoms. The van der Waals surface area contributed by atoms with Gasteiger partial charge in [-0.15, -0.1) is 0 Å². The van der Waals surface area contributed by atoms with E-state index in [9.17, 15) is 9.90 Å². The van der Waals surface area contributed by atoms with E-state index in [-0.39, 0.29) is 12.6 Å². The summed E-state index contributed by atoms with van der Waals surface area (Å²) in [5.41, 5.74) is 0.798. The van der Waals surface area contributed by atoms with Gasteiger partial charge in [-0.2, -0.15) is 0 Å². The van der Waals surface area contributed by atoms with Crippen molar-refractivity contribution in [1.82, 2.24) is 4.90 Å². The minimum absolute atomic E-state index is 0.0783. The van der Waals surface area contributed by atoms with E-state index in [0.29, 0.717) is 0 Å². The normalized spacial score (nSPS) is 14.8. The SMILES string of the molecule is C[C@H]([C@@H](O)c1ccccc1)N(C)CC(=O)O. The van der Waals surface area contributed by atoms with Crippen molar-refractivity contribution in [3.05, 3.63) is 35.9 Å². The predicted molar refractivity (Wildman–Crippen MR) is 61.1 cm³/mol. The van der Waals surface area contributed by atoms with Crippen LogP contribution in [0.25, 0.3) is 0 Å². The molecule has 2 N–H and O–H groups in total. The van der Waals surface area contributed by atoms with E-state index >= 15 is 0 Å². The summed E-state index contributed by atoms with van der Waals surface area (Å²) in [5, 5.41) is 18.7. The Morgan fingerprint density at radius 2 is 1.94 bits per heavy atom. The minimum atomic E-state index is -0.894. The number of benzene rings is 1. The van der Waals surface area contributed by atoms with Crippen LogP contribution < -0.4 is 0 Å². The lowest BCUT2D eigenvalue weighted by molar-refractivity contribution is -0.138. The van der Waals surface area contributed by atoms with Crippen LogP contribution in [0.1, 0.15) is 18.6 Å². The third kappa shape index (κ3) is 3.32. The Labute approximate surface area is 95.1 Å². The molecular weight excluding hydrogens is 206 g/mol. The second kappa shape index (κ2) is 5.63. The lowest BCUT2D eigenvalue weighted by atomic mass is 10.0. The molecule has 1 rings (SSSR count). The molecule has 0 aliphatic rings.